The second-order valence-electron chi connectivity index (χ2n) is 1.84. The van der Waals surface area contributed by atoms with Crippen LogP contribution in [0.4, 0.5) is 0 Å². The summed E-state index contributed by atoms with van der Waals surface area (Å²) in [7, 11) is -3.63. The van der Waals surface area contributed by atoms with E-state index in [2.05, 4.69) is 9.05 Å². The molecule has 1 rings (SSSR count). The molecule has 0 radical (unpaired) electrons. The van der Waals surface area contributed by atoms with Crippen molar-refractivity contribution < 1.29 is 18.5 Å². The van der Waals surface area contributed by atoms with Crippen LogP contribution in [0.1, 0.15) is 12.8 Å². The lowest BCUT2D eigenvalue weighted by Gasteiger charge is -2.05. The lowest BCUT2D eigenvalue weighted by molar-refractivity contribution is 0.176. The van der Waals surface area contributed by atoms with Crippen LogP contribution in [-0.4, -0.2) is 18.1 Å². The maximum atomic E-state index is 10.6. The Morgan fingerprint density at radius 1 is 1.09 bits per heavy atom. The zero-order valence-electron chi connectivity index (χ0n) is 6.36. The Labute approximate surface area is 65.7 Å². The third kappa shape index (κ3) is 5.32. The summed E-state index contributed by atoms with van der Waals surface area (Å²) < 4.78 is 19.5. The van der Waals surface area contributed by atoms with Crippen molar-refractivity contribution >= 4 is 7.82 Å². The normalized spacial score (nSPS) is 22.3. The van der Waals surface area contributed by atoms with E-state index in [0.717, 1.165) is 12.8 Å². The van der Waals surface area contributed by atoms with Crippen LogP contribution >= 0.6 is 7.82 Å². The summed E-state index contributed by atoms with van der Waals surface area (Å²) in [4.78, 5) is 8.67. The average Bonchev–Trinajstić information content (AvgIpc) is 1.92. The molecule has 0 unspecified atom stereocenters. The molecular formula is C4H15N2O4P. The number of hydrogen-bond donors (Lipinski definition) is 3. The van der Waals surface area contributed by atoms with E-state index in [4.69, 9.17) is 4.89 Å². The van der Waals surface area contributed by atoms with Gasteiger partial charge in [-0.2, -0.15) is 0 Å². The number of phosphoric acid groups is 1. The van der Waals surface area contributed by atoms with Gasteiger partial charge in [0.25, 0.3) is 0 Å². The molecule has 0 amide bonds. The molecule has 70 valence electrons. The highest BCUT2D eigenvalue weighted by Crippen LogP contribution is 2.44. The molecule has 1 saturated heterocycles. The van der Waals surface area contributed by atoms with Crippen LogP contribution in [0.5, 0.6) is 0 Å². The maximum Gasteiger partial charge on any atom is 0.472 e. The number of rotatable bonds is 0. The largest absolute Gasteiger partial charge is 0.472 e. The summed E-state index contributed by atoms with van der Waals surface area (Å²) in [6.07, 6.45) is 1.59. The van der Waals surface area contributed by atoms with Gasteiger partial charge in [-0.15, -0.1) is 0 Å². The molecule has 0 spiro atoms. The monoisotopic (exact) mass is 186 g/mol. The topological polar surface area (TPSA) is 126 Å². The molecular weight excluding hydrogens is 171 g/mol. The predicted octanol–water partition coefficient (Wildman–Crippen LogP) is 1.24. The number of hydrogen-bond acceptors (Lipinski definition) is 5. The van der Waals surface area contributed by atoms with Crippen LogP contribution < -0.4 is 12.3 Å². The van der Waals surface area contributed by atoms with Crippen LogP contribution in [0.3, 0.4) is 0 Å². The van der Waals surface area contributed by atoms with Gasteiger partial charge in [-0.05, 0) is 12.8 Å². The quantitative estimate of drug-likeness (QED) is 0.488. The SMILES string of the molecule is N.N.O=P1(O)OCCCCO1. The van der Waals surface area contributed by atoms with E-state index in [1.54, 1.807) is 0 Å². The van der Waals surface area contributed by atoms with Gasteiger partial charge in [0.1, 0.15) is 0 Å². The fraction of sp³-hybridized carbons (Fsp3) is 1.00. The molecule has 6 nitrogen and oxygen atoms in total. The molecule has 7 N–H and O–H groups in total. The van der Waals surface area contributed by atoms with Gasteiger partial charge in [0.2, 0.25) is 0 Å². The Morgan fingerprint density at radius 2 is 1.45 bits per heavy atom. The molecule has 7 heteroatoms. The summed E-state index contributed by atoms with van der Waals surface area (Å²) in [6, 6.07) is 0. The molecule has 1 aliphatic heterocycles. The third-order valence-electron chi connectivity index (χ3n) is 1.05. The molecule has 0 aromatic rings. The van der Waals surface area contributed by atoms with Crippen LogP contribution in [0.15, 0.2) is 0 Å². The van der Waals surface area contributed by atoms with Crippen molar-refractivity contribution in [2.45, 2.75) is 12.8 Å². The van der Waals surface area contributed by atoms with Gasteiger partial charge in [-0.1, -0.05) is 0 Å². The lowest BCUT2D eigenvalue weighted by atomic mass is 10.3. The minimum absolute atomic E-state index is 0. The van der Waals surface area contributed by atoms with Gasteiger partial charge in [0, 0.05) is 0 Å². The Balaban J connectivity index is 0. The Kier molecular flexibility index (Phi) is 6.99. The van der Waals surface area contributed by atoms with Crippen molar-refractivity contribution in [1.82, 2.24) is 12.3 Å². The van der Waals surface area contributed by atoms with Crippen LogP contribution in [-0.2, 0) is 13.6 Å². The lowest BCUT2D eigenvalue weighted by Crippen LogP contribution is -1.89. The van der Waals surface area contributed by atoms with Crippen molar-refractivity contribution in [3.63, 3.8) is 0 Å². The molecule has 0 aromatic heterocycles. The Bertz CT molecular complexity index is 130. The Morgan fingerprint density at radius 3 is 1.82 bits per heavy atom. The molecule has 1 aliphatic rings. The molecule has 0 aliphatic carbocycles. The molecule has 0 aromatic carbocycles. The first-order valence-corrected chi connectivity index (χ1v) is 4.32. The summed E-state index contributed by atoms with van der Waals surface area (Å²) >= 11 is 0. The van der Waals surface area contributed by atoms with Crippen molar-refractivity contribution in [2.75, 3.05) is 13.2 Å². The van der Waals surface area contributed by atoms with Gasteiger partial charge in [0.05, 0.1) is 13.2 Å². The van der Waals surface area contributed by atoms with Gasteiger partial charge in [0.15, 0.2) is 0 Å². The van der Waals surface area contributed by atoms with Gasteiger partial charge in [-0.3, -0.25) is 9.05 Å². The van der Waals surface area contributed by atoms with E-state index >= 15 is 0 Å². The zero-order valence-corrected chi connectivity index (χ0v) is 7.26. The second kappa shape index (κ2) is 5.65. The highest BCUT2D eigenvalue weighted by atomic mass is 31.2. The van der Waals surface area contributed by atoms with E-state index in [0.29, 0.717) is 13.2 Å². The average molecular weight is 186 g/mol. The van der Waals surface area contributed by atoms with Crippen LogP contribution in [0.25, 0.3) is 0 Å². The van der Waals surface area contributed by atoms with Crippen molar-refractivity contribution in [3.8, 4) is 0 Å². The molecule has 11 heavy (non-hydrogen) atoms. The second-order valence-corrected chi connectivity index (χ2v) is 3.30. The smallest absolute Gasteiger partial charge is 0.344 e. The highest BCUT2D eigenvalue weighted by Gasteiger charge is 2.22. The van der Waals surface area contributed by atoms with Gasteiger partial charge >= 0.3 is 7.82 Å². The van der Waals surface area contributed by atoms with E-state index in [9.17, 15) is 4.57 Å². The van der Waals surface area contributed by atoms with Crippen molar-refractivity contribution in [2.24, 2.45) is 0 Å². The molecule has 1 heterocycles. The van der Waals surface area contributed by atoms with Crippen LogP contribution in [0, 0.1) is 0 Å². The standard InChI is InChI=1S/C4H9O4P.2H3N/c5-9(6)7-3-1-2-4-8-9;;/h1-4H2,(H,5,6);2*1H3. The fourth-order valence-corrected chi connectivity index (χ4v) is 1.40. The zero-order chi connectivity index (χ0) is 6.74. The van der Waals surface area contributed by atoms with E-state index < -0.39 is 7.82 Å². The van der Waals surface area contributed by atoms with Gasteiger partial charge < -0.3 is 17.2 Å². The molecule has 1 fully saturated rings. The predicted molar refractivity (Wildman–Crippen MR) is 41.0 cm³/mol. The highest BCUT2D eigenvalue weighted by molar-refractivity contribution is 7.47. The fourth-order valence-electron chi connectivity index (χ4n) is 0.601. The summed E-state index contributed by atoms with van der Waals surface area (Å²) in [5.74, 6) is 0. The van der Waals surface area contributed by atoms with E-state index in [1.807, 2.05) is 0 Å². The molecule has 0 atom stereocenters. The summed E-state index contributed by atoms with van der Waals surface area (Å²) in [6.45, 7) is 0.654. The van der Waals surface area contributed by atoms with E-state index in [1.165, 1.54) is 0 Å². The minimum atomic E-state index is -3.63. The minimum Gasteiger partial charge on any atom is -0.344 e. The first kappa shape index (κ1) is 13.6. The molecule has 0 saturated carbocycles. The summed E-state index contributed by atoms with van der Waals surface area (Å²) in [5, 5.41) is 0. The van der Waals surface area contributed by atoms with E-state index in [-0.39, 0.29) is 12.3 Å². The first-order chi connectivity index (χ1) is 4.21. The van der Waals surface area contributed by atoms with Crippen LogP contribution in [0.2, 0.25) is 0 Å². The van der Waals surface area contributed by atoms with Crippen molar-refractivity contribution in [3.05, 3.63) is 0 Å². The van der Waals surface area contributed by atoms with Crippen molar-refractivity contribution in [1.29, 1.82) is 0 Å². The van der Waals surface area contributed by atoms with Gasteiger partial charge in [-0.25, -0.2) is 4.57 Å². The summed E-state index contributed by atoms with van der Waals surface area (Å²) in [5.41, 5.74) is 0. The molecule has 0 bridgehead atoms. The third-order valence-corrected chi connectivity index (χ3v) is 2.07. The number of phosphoric ester groups is 1. The first-order valence-electron chi connectivity index (χ1n) is 2.83. The Hall–Kier alpha value is 0.0300. The maximum absolute atomic E-state index is 10.6.